The van der Waals surface area contributed by atoms with Crippen molar-refractivity contribution in [3.05, 3.63) is 29.5 Å². The molecule has 5 heteroatoms. The Labute approximate surface area is 147 Å². The Balaban J connectivity index is 0.00000156. The summed E-state index contributed by atoms with van der Waals surface area (Å²) in [6.07, 6.45) is 5.48. The van der Waals surface area contributed by atoms with E-state index in [4.69, 9.17) is 0 Å². The molecule has 1 aromatic heterocycles. The van der Waals surface area contributed by atoms with Gasteiger partial charge >= 0.3 is 0 Å². The van der Waals surface area contributed by atoms with E-state index in [9.17, 15) is 4.79 Å². The smallest absolute Gasteiger partial charge is 0.227 e. The number of halogens is 1. The van der Waals surface area contributed by atoms with E-state index in [1.807, 2.05) is 6.07 Å². The molecular weight excluding hydrogens is 354 g/mol. The van der Waals surface area contributed by atoms with Gasteiger partial charge in [-0.05, 0) is 70.0 Å². The van der Waals surface area contributed by atoms with Crippen LogP contribution in [0.1, 0.15) is 30.5 Å². The van der Waals surface area contributed by atoms with Crippen LogP contribution in [-0.4, -0.2) is 35.9 Å². The number of aromatic nitrogens is 1. The highest BCUT2D eigenvalue weighted by molar-refractivity contribution is 8.93. The monoisotopic (exact) mass is 377 g/mol. The summed E-state index contributed by atoms with van der Waals surface area (Å²) in [6, 6.07) is 6.86. The highest BCUT2D eigenvalue weighted by atomic mass is 79.9. The summed E-state index contributed by atoms with van der Waals surface area (Å²) in [5.74, 6) is 0.420. The molecule has 2 aliphatic rings. The van der Waals surface area contributed by atoms with Gasteiger partial charge in [-0.25, -0.2) is 0 Å². The van der Waals surface area contributed by atoms with Crippen LogP contribution < -0.4 is 5.32 Å². The summed E-state index contributed by atoms with van der Waals surface area (Å²) in [7, 11) is 4.32. The standard InChI is InChI=1S/C18H23N3O.BrH/c1-21(2)13-6-8-17-15(10-13)14-9-12(5-7-16(14)20-17)19-18(22)11-3-4-11;/h5,7,9,11,13,20H,3-4,6,8,10H2,1-2H3,(H,19,22);1H. The summed E-state index contributed by atoms with van der Waals surface area (Å²) in [5, 5.41) is 4.34. The van der Waals surface area contributed by atoms with Gasteiger partial charge in [-0.1, -0.05) is 0 Å². The first-order valence-electron chi connectivity index (χ1n) is 8.22. The van der Waals surface area contributed by atoms with Crippen molar-refractivity contribution in [3.8, 4) is 0 Å². The number of amides is 1. The van der Waals surface area contributed by atoms with Gasteiger partial charge in [0, 0.05) is 34.2 Å². The van der Waals surface area contributed by atoms with Crippen molar-refractivity contribution in [3.63, 3.8) is 0 Å². The quantitative estimate of drug-likeness (QED) is 0.859. The van der Waals surface area contributed by atoms with Crippen LogP contribution in [-0.2, 0) is 17.6 Å². The van der Waals surface area contributed by atoms with Crippen molar-refractivity contribution in [2.75, 3.05) is 19.4 Å². The van der Waals surface area contributed by atoms with E-state index in [-0.39, 0.29) is 28.8 Å². The first-order valence-corrected chi connectivity index (χ1v) is 8.22. The van der Waals surface area contributed by atoms with Gasteiger partial charge in [-0.3, -0.25) is 4.79 Å². The molecule has 2 aliphatic carbocycles. The Morgan fingerprint density at radius 2 is 2.04 bits per heavy atom. The molecule has 0 aliphatic heterocycles. The van der Waals surface area contributed by atoms with Gasteiger partial charge in [0.2, 0.25) is 5.91 Å². The number of anilines is 1. The van der Waals surface area contributed by atoms with E-state index in [1.165, 1.54) is 28.6 Å². The molecule has 4 nitrogen and oxygen atoms in total. The molecule has 4 rings (SSSR count). The van der Waals surface area contributed by atoms with E-state index in [0.29, 0.717) is 6.04 Å². The number of nitrogens with zero attached hydrogens (tertiary/aromatic N) is 1. The van der Waals surface area contributed by atoms with Crippen molar-refractivity contribution in [1.29, 1.82) is 0 Å². The van der Waals surface area contributed by atoms with E-state index >= 15 is 0 Å². The Hall–Kier alpha value is -1.33. The van der Waals surface area contributed by atoms with Gasteiger partial charge in [-0.2, -0.15) is 0 Å². The lowest BCUT2D eigenvalue weighted by Gasteiger charge is -2.28. The zero-order valence-electron chi connectivity index (χ0n) is 13.7. The van der Waals surface area contributed by atoms with Gasteiger partial charge in [0.25, 0.3) is 0 Å². The lowest BCUT2D eigenvalue weighted by atomic mass is 9.91. The van der Waals surface area contributed by atoms with Crippen LogP contribution in [0.3, 0.4) is 0 Å². The third kappa shape index (κ3) is 3.17. The van der Waals surface area contributed by atoms with E-state index < -0.39 is 0 Å². The second-order valence-corrected chi connectivity index (χ2v) is 6.97. The number of benzene rings is 1. The number of H-pyrrole nitrogens is 1. The number of rotatable bonds is 3. The topological polar surface area (TPSA) is 48.1 Å². The first kappa shape index (κ1) is 16.5. The number of fused-ring (bicyclic) bond motifs is 3. The fraction of sp³-hybridized carbons (Fsp3) is 0.500. The highest BCUT2D eigenvalue weighted by Gasteiger charge is 2.30. The Morgan fingerprint density at radius 3 is 2.74 bits per heavy atom. The lowest BCUT2D eigenvalue weighted by Crippen LogP contribution is -2.33. The molecule has 1 fully saturated rings. The molecule has 0 saturated heterocycles. The fourth-order valence-electron chi connectivity index (χ4n) is 3.51. The van der Waals surface area contributed by atoms with Crippen LogP contribution in [0.25, 0.3) is 10.9 Å². The predicted molar refractivity (Wildman–Crippen MR) is 99.5 cm³/mol. The number of carbonyl (C=O) groups excluding carboxylic acids is 1. The van der Waals surface area contributed by atoms with Crippen LogP contribution in [0.2, 0.25) is 0 Å². The van der Waals surface area contributed by atoms with E-state index in [1.54, 1.807) is 0 Å². The van der Waals surface area contributed by atoms with Crippen molar-refractivity contribution >= 4 is 39.5 Å². The molecule has 2 N–H and O–H groups in total. The second-order valence-electron chi connectivity index (χ2n) is 6.97. The Morgan fingerprint density at radius 1 is 1.26 bits per heavy atom. The number of nitrogens with one attached hydrogen (secondary N) is 2. The summed E-state index contributed by atoms with van der Waals surface area (Å²) in [6.45, 7) is 0. The molecular formula is C18H24BrN3O. The van der Waals surface area contributed by atoms with Crippen molar-refractivity contribution in [1.82, 2.24) is 9.88 Å². The highest BCUT2D eigenvalue weighted by Crippen LogP contribution is 2.33. The number of likely N-dealkylation sites (N-methyl/N-ethyl adjacent to an activating group) is 1. The average Bonchev–Trinajstić information content (AvgIpc) is 3.29. The number of hydrogen-bond acceptors (Lipinski definition) is 2. The maximum atomic E-state index is 12.0. The molecule has 1 aromatic carbocycles. The maximum Gasteiger partial charge on any atom is 0.227 e. The lowest BCUT2D eigenvalue weighted by molar-refractivity contribution is -0.117. The third-order valence-corrected chi connectivity index (χ3v) is 5.11. The molecule has 1 saturated carbocycles. The second kappa shape index (κ2) is 6.29. The molecule has 124 valence electrons. The molecule has 2 aromatic rings. The maximum absolute atomic E-state index is 12.0. The van der Waals surface area contributed by atoms with Crippen LogP contribution in [0, 0.1) is 5.92 Å². The molecule has 1 atom stereocenters. The zero-order chi connectivity index (χ0) is 15.3. The van der Waals surface area contributed by atoms with E-state index in [0.717, 1.165) is 31.4 Å². The normalized spacial score (nSPS) is 20.2. The van der Waals surface area contributed by atoms with Crippen LogP contribution in [0.15, 0.2) is 18.2 Å². The summed E-state index contributed by atoms with van der Waals surface area (Å²) in [4.78, 5) is 17.8. The van der Waals surface area contributed by atoms with Gasteiger partial charge in [0.05, 0.1) is 0 Å². The molecule has 0 spiro atoms. The minimum atomic E-state index is 0. The van der Waals surface area contributed by atoms with Crippen molar-refractivity contribution in [2.24, 2.45) is 5.92 Å². The number of carbonyl (C=O) groups is 1. The van der Waals surface area contributed by atoms with Gasteiger partial charge in [-0.15, -0.1) is 17.0 Å². The fourth-order valence-corrected chi connectivity index (χ4v) is 3.51. The molecule has 0 bridgehead atoms. The van der Waals surface area contributed by atoms with Crippen LogP contribution in [0.5, 0.6) is 0 Å². The number of aromatic amines is 1. The Kier molecular flexibility index (Phi) is 4.52. The van der Waals surface area contributed by atoms with Crippen molar-refractivity contribution < 1.29 is 4.79 Å². The molecule has 1 amide bonds. The number of aryl methyl sites for hydroxylation is 1. The first-order chi connectivity index (χ1) is 10.6. The van der Waals surface area contributed by atoms with Gasteiger partial charge in [0.15, 0.2) is 0 Å². The molecule has 0 radical (unpaired) electrons. The van der Waals surface area contributed by atoms with Crippen LogP contribution in [0.4, 0.5) is 5.69 Å². The summed E-state index contributed by atoms with van der Waals surface area (Å²) in [5.41, 5.74) is 4.92. The van der Waals surface area contributed by atoms with Gasteiger partial charge in [0.1, 0.15) is 0 Å². The Bertz CT molecular complexity index is 733. The average molecular weight is 378 g/mol. The largest absolute Gasteiger partial charge is 0.358 e. The van der Waals surface area contributed by atoms with E-state index in [2.05, 4.69) is 41.4 Å². The van der Waals surface area contributed by atoms with Gasteiger partial charge < -0.3 is 15.2 Å². The molecule has 1 heterocycles. The molecule has 1 unspecified atom stereocenters. The zero-order valence-corrected chi connectivity index (χ0v) is 15.4. The minimum Gasteiger partial charge on any atom is -0.358 e. The summed E-state index contributed by atoms with van der Waals surface area (Å²) < 4.78 is 0. The summed E-state index contributed by atoms with van der Waals surface area (Å²) >= 11 is 0. The molecule has 23 heavy (non-hydrogen) atoms. The van der Waals surface area contributed by atoms with Crippen LogP contribution >= 0.6 is 17.0 Å². The number of hydrogen-bond donors (Lipinski definition) is 2. The SMILES string of the molecule is Br.CN(C)C1CCc2[nH]c3ccc(NC(=O)C4CC4)cc3c2C1. The minimum absolute atomic E-state index is 0. The third-order valence-electron chi connectivity index (χ3n) is 5.11. The van der Waals surface area contributed by atoms with Crippen molar-refractivity contribution in [2.45, 2.75) is 38.1 Å². The predicted octanol–water partition coefficient (Wildman–Crippen LogP) is 3.51.